The number of ether oxygens (including phenoxy) is 1. The number of nitrogens with zero attached hydrogens (tertiary/aromatic N) is 3. The summed E-state index contributed by atoms with van der Waals surface area (Å²) in [4.78, 5) is 28.8. The van der Waals surface area contributed by atoms with E-state index in [4.69, 9.17) is 4.74 Å². The number of pyridine rings is 1. The van der Waals surface area contributed by atoms with Crippen LogP contribution < -0.4 is 15.4 Å². The lowest BCUT2D eigenvalue weighted by Gasteiger charge is -2.13. The molecule has 0 aliphatic heterocycles. The van der Waals surface area contributed by atoms with Gasteiger partial charge in [0.1, 0.15) is 11.6 Å². The third-order valence-electron chi connectivity index (χ3n) is 5.15. The number of aromatic nitrogens is 3. The van der Waals surface area contributed by atoms with Crippen molar-refractivity contribution in [1.29, 1.82) is 0 Å². The fourth-order valence-corrected chi connectivity index (χ4v) is 3.26. The largest absolute Gasteiger partial charge is 0.454 e. The first-order valence-electron chi connectivity index (χ1n) is 10.6. The number of urea groups is 1. The number of carbonyl (C=O) groups excluding carboxylic acids is 2. The van der Waals surface area contributed by atoms with Gasteiger partial charge in [0.25, 0.3) is 0 Å². The highest BCUT2D eigenvalue weighted by molar-refractivity contribution is 6.03. The Morgan fingerprint density at radius 2 is 1.83 bits per heavy atom. The highest BCUT2D eigenvalue weighted by atomic mass is 19.1. The molecule has 178 valence electrons. The van der Waals surface area contributed by atoms with Crippen LogP contribution in [0, 0.1) is 11.6 Å². The first kappa shape index (κ1) is 23.6. The predicted molar refractivity (Wildman–Crippen MR) is 125 cm³/mol. The molecule has 0 saturated heterocycles. The Labute approximate surface area is 199 Å². The minimum Gasteiger partial charge on any atom is -0.454 e. The van der Waals surface area contributed by atoms with Gasteiger partial charge in [0.05, 0.1) is 17.8 Å². The zero-order valence-electron chi connectivity index (χ0n) is 18.8. The molecule has 0 bridgehead atoms. The van der Waals surface area contributed by atoms with Gasteiger partial charge in [0.15, 0.2) is 11.6 Å². The molecule has 1 atom stereocenters. The molecule has 0 aliphatic carbocycles. The Kier molecular flexibility index (Phi) is 6.81. The number of anilines is 1. The Morgan fingerprint density at radius 1 is 1.06 bits per heavy atom. The van der Waals surface area contributed by atoms with Gasteiger partial charge in [-0.25, -0.2) is 13.6 Å². The van der Waals surface area contributed by atoms with Crippen LogP contribution in [0.15, 0.2) is 73.2 Å². The summed E-state index contributed by atoms with van der Waals surface area (Å²) in [5.74, 6) is -2.10. The molecule has 4 aromatic rings. The van der Waals surface area contributed by atoms with E-state index in [0.29, 0.717) is 17.0 Å². The maximum atomic E-state index is 14.6. The fraction of sp³-hybridized carbons (Fsp3) is 0.120. The van der Waals surface area contributed by atoms with Crippen LogP contribution in [0.2, 0.25) is 0 Å². The number of nitrogens with one attached hydrogen (secondary N) is 2. The van der Waals surface area contributed by atoms with Gasteiger partial charge in [-0.2, -0.15) is 5.10 Å². The molecular formula is C25H21F2N5O3. The standard InChI is InChI=1S/C25H21F2N5O3/c1-15(16-3-5-18(26)6-4-16)24(33)31-25(34)30-19-7-8-23(21(27)11-19)35-20-9-10-28-22(12-20)17-13-29-32(2)14-17/h3-15H,1-2H3,(H2,30,31,33,34). The second-order valence-electron chi connectivity index (χ2n) is 7.74. The van der Waals surface area contributed by atoms with E-state index >= 15 is 0 Å². The maximum absolute atomic E-state index is 14.6. The van der Waals surface area contributed by atoms with Gasteiger partial charge in [0.2, 0.25) is 5.91 Å². The van der Waals surface area contributed by atoms with Gasteiger partial charge < -0.3 is 10.1 Å². The van der Waals surface area contributed by atoms with Crippen molar-refractivity contribution < 1.29 is 23.1 Å². The van der Waals surface area contributed by atoms with Crippen molar-refractivity contribution in [2.24, 2.45) is 7.05 Å². The van der Waals surface area contributed by atoms with E-state index in [1.54, 1.807) is 49.4 Å². The van der Waals surface area contributed by atoms with Gasteiger partial charge in [-0.1, -0.05) is 12.1 Å². The summed E-state index contributed by atoms with van der Waals surface area (Å²) in [5.41, 5.74) is 2.07. The first-order valence-corrected chi connectivity index (χ1v) is 10.6. The lowest BCUT2D eigenvalue weighted by atomic mass is 10.0. The molecule has 10 heteroatoms. The number of rotatable bonds is 6. The minimum atomic E-state index is -0.827. The van der Waals surface area contributed by atoms with Crippen molar-refractivity contribution in [3.05, 3.63) is 90.4 Å². The Morgan fingerprint density at radius 3 is 2.51 bits per heavy atom. The van der Waals surface area contributed by atoms with Crippen LogP contribution in [0.5, 0.6) is 11.5 Å². The maximum Gasteiger partial charge on any atom is 0.325 e. The second kappa shape index (κ2) is 10.1. The summed E-state index contributed by atoms with van der Waals surface area (Å²) in [6.07, 6.45) is 4.99. The lowest BCUT2D eigenvalue weighted by molar-refractivity contribution is -0.121. The van der Waals surface area contributed by atoms with Crippen molar-refractivity contribution >= 4 is 17.6 Å². The van der Waals surface area contributed by atoms with Crippen molar-refractivity contribution in [2.75, 3.05) is 5.32 Å². The number of imide groups is 1. The number of halogens is 2. The van der Waals surface area contributed by atoms with Crippen LogP contribution in [0.4, 0.5) is 19.3 Å². The molecular weight excluding hydrogens is 456 g/mol. The molecule has 3 amide bonds. The molecule has 1 unspecified atom stereocenters. The molecule has 35 heavy (non-hydrogen) atoms. The van der Waals surface area contributed by atoms with Gasteiger partial charge in [0, 0.05) is 42.8 Å². The van der Waals surface area contributed by atoms with E-state index in [1.165, 1.54) is 36.4 Å². The number of carbonyl (C=O) groups is 2. The fourth-order valence-electron chi connectivity index (χ4n) is 3.26. The average molecular weight is 477 g/mol. The Balaban J connectivity index is 1.38. The molecule has 4 rings (SSSR count). The van der Waals surface area contributed by atoms with Crippen LogP contribution in [0.25, 0.3) is 11.3 Å². The molecule has 0 aliphatic rings. The molecule has 2 heterocycles. The van der Waals surface area contributed by atoms with E-state index < -0.39 is 29.5 Å². The number of aryl methyl sites for hydroxylation is 1. The van der Waals surface area contributed by atoms with Crippen molar-refractivity contribution in [3.63, 3.8) is 0 Å². The normalized spacial score (nSPS) is 11.5. The molecule has 0 saturated carbocycles. The van der Waals surface area contributed by atoms with Crippen LogP contribution in [0.3, 0.4) is 0 Å². The van der Waals surface area contributed by atoms with E-state index in [1.807, 2.05) is 0 Å². The van der Waals surface area contributed by atoms with Gasteiger partial charge in [-0.3, -0.25) is 19.8 Å². The average Bonchev–Trinajstić information content (AvgIpc) is 3.27. The molecule has 8 nitrogen and oxygen atoms in total. The van der Waals surface area contributed by atoms with Crippen LogP contribution in [-0.2, 0) is 11.8 Å². The van der Waals surface area contributed by atoms with Crippen LogP contribution in [0.1, 0.15) is 18.4 Å². The second-order valence-corrected chi connectivity index (χ2v) is 7.74. The Hall–Kier alpha value is -4.60. The number of hydrogen-bond acceptors (Lipinski definition) is 5. The monoisotopic (exact) mass is 477 g/mol. The molecule has 2 N–H and O–H groups in total. The van der Waals surface area contributed by atoms with E-state index in [9.17, 15) is 18.4 Å². The minimum absolute atomic E-state index is 0.0553. The van der Waals surface area contributed by atoms with Gasteiger partial charge in [-0.15, -0.1) is 0 Å². The van der Waals surface area contributed by atoms with Crippen LogP contribution in [-0.4, -0.2) is 26.7 Å². The highest BCUT2D eigenvalue weighted by Crippen LogP contribution is 2.29. The van der Waals surface area contributed by atoms with Crippen molar-refractivity contribution in [2.45, 2.75) is 12.8 Å². The summed E-state index contributed by atoms with van der Waals surface area (Å²) in [6, 6.07) is 11.7. The molecule has 0 fully saturated rings. The number of hydrogen-bond donors (Lipinski definition) is 2. The molecule has 0 radical (unpaired) electrons. The third-order valence-corrected chi connectivity index (χ3v) is 5.15. The summed E-state index contributed by atoms with van der Waals surface area (Å²) >= 11 is 0. The van der Waals surface area contributed by atoms with E-state index in [0.717, 1.165) is 11.6 Å². The Bertz CT molecular complexity index is 1370. The lowest BCUT2D eigenvalue weighted by Crippen LogP contribution is -2.37. The van der Waals surface area contributed by atoms with Gasteiger partial charge >= 0.3 is 6.03 Å². The first-order chi connectivity index (χ1) is 16.8. The van der Waals surface area contributed by atoms with Crippen molar-refractivity contribution in [1.82, 2.24) is 20.1 Å². The quantitative estimate of drug-likeness (QED) is 0.407. The number of amides is 3. The summed E-state index contributed by atoms with van der Waals surface area (Å²) < 4.78 is 35.0. The topological polar surface area (TPSA) is 98.1 Å². The number of benzene rings is 2. The SMILES string of the molecule is CC(C(=O)NC(=O)Nc1ccc(Oc2ccnc(-c3cnn(C)c3)c2)c(F)c1)c1ccc(F)cc1. The summed E-state index contributed by atoms with van der Waals surface area (Å²) in [5, 5.41) is 8.70. The zero-order valence-corrected chi connectivity index (χ0v) is 18.8. The van der Waals surface area contributed by atoms with E-state index in [-0.39, 0.29) is 11.4 Å². The summed E-state index contributed by atoms with van der Waals surface area (Å²) in [6.45, 7) is 1.58. The van der Waals surface area contributed by atoms with E-state index in [2.05, 4.69) is 20.7 Å². The van der Waals surface area contributed by atoms with Crippen LogP contribution >= 0.6 is 0 Å². The zero-order chi connectivity index (χ0) is 24.9. The smallest absolute Gasteiger partial charge is 0.325 e. The molecule has 2 aromatic carbocycles. The third kappa shape index (κ3) is 5.85. The predicted octanol–water partition coefficient (Wildman–Crippen LogP) is 5.00. The molecule has 0 spiro atoms. The highest BCUT2D eigenvalue weighted by Gasteiger charge is 2.18. The molecule has 2 aromatic heterocycles. The summed E-state index contributed by atoms with van der Waals surface area (Å²) in [7, 11) is 1.79. The van der Waals surface area contributed by atoms with Crippen molar-refractivity contribution in [3.8, 4) is 22.8 Å². The van der Waals surface area contributed by atoms with Gasteiger partial charge in [-0.05, 0) is 42.8 Å².